The number of fused-ring (bicyclic) bond motifs is 1. The number of benzene rings is 1. The number of hydrogen-bond donors (Lipinski definition) is 4. The number of hydrogen-bond acceptors (Lipinski definition) is 7. The van der Waals surface area contributed by atoms with Crippen LogP contribution < -0.4 is 16.0 Å². The normalized spacial score (nSPS) is 20.3. The average Bonchev–Trinajstić information content (AvgIpc) is 2.68. The summed E-state index contributed by atoms with van der Waals surface area (Å²) in [5, 5.41) is 19.7. The van der Waals surface area contributed by atoms with E-state index in [0.29, 0.717) is 19.0 Å². The minimum atomic E-state index is -0.686. The summed E-state index contributed by atoms with van der Waals surface area (Å²) in [5.41, 5.74) is 2.75. The highest BCUT2D eigenvalue weighted by Gasteiger charge is 2.25. The molecule has 3 heterocycles. The summed E-state index contributed by atoms with van der Waals surface area (Å²) in [6, 6.07) is 9.92. The van der Waals surface area contributed by atoms with Crippen LogP contribution in [0.3, 0.4) is 0 Å². The lowest BCUT2D eigenvalue weighted by Crippen LogP contribution is -2.49. The van der Waals surface area contributed by atoms with E-state index >= 15 is 0 Å². The third-order valence-corrected chi connectivity index (χ3v) is 4.94. The van der Waals surface area contributed by atoms with E-state index < -0.39 is 6.10 Å². The summed E-state index contributed by atoms with van der Waals surface area (Å²) in [4.78, 5) is 20.5. The fourth-order valence-corrected chi connectivity index (χ4v) is 3.27. The second-order valence-corrected chi connectivity index (χ2v) is 6.90. The molecular weight excluding hydrogens is 346 g/mol. The minimum absolute atomic E-state index is 0.0959. The lowest BCUT2D eigenvalue weighted by Gasteiger charge is -2.30. The predicted molar refractivity (Wildman–Crippen MR) is 99.4 cm³/mol. The standard InChI is InChI=1S/C19H23N5O3/c25-17(15-5-12-3-1-2-4-13(12)7-20-15)8-21-19(26)16-6-18(23-11-22-16)24-14-9-27-10-14/h1-4,6,11,14-15,17,20,25H,5,7-10H2,(H,21,26)(H,22,23,24)/t15-,17?/m0/s1. The molecule has 2 aromatic rings. The zero-order valence-electron chi connectivity index (χ0n) is 14.9. The Morgan fingerprint density at radius 3 is 2.89 bits per heavy atom. The molecule has 2 aliphatic heterocycles. The van der Waals surface area contributed by atoms with Crippen LogP contribution in [-0.2, 0) is 17.7 Å². The Balaban J connectivity index is 1.30. The van der Waals surface area contributed by atoms with Crippen LogP contribution in [0.5, 0.6) is 0 Å². The van der Waals surface area contributed by atoms with Crippen molar-refractivity contribution in [3.8, 4) is 0 Å². The lowest BCUT2D eigenvalue weighted by atomic mass is 9.93. The first kappa shape index (κ1) is 17.8. The molecule has 1 saturated heterocycles. The monoisotopic (exact) mass is 369 g/mol. The maximum absolute atomic E-state index is 12.4. The van der Waals surface area contributed by atoms with Gasteiger partial charge < -0.3 is 25.8 Å². The molecule has 0 radical (unpaired) electrons. The van der Waals surface area contributed by atoms with Gasteiger partial charge in [-0.25, -0.2) is 9.97 Å². The largest absolute Gasteiger partial charge is 0.390 e. The van der Waals surface area contributed by atoms with Gasteiger partial charge in [-0.05, 0) is 17.5 Å². The number of nitrogens with zero attached hydrogens (tertiary/aromatic N) is 2. The molecule has 1 aromatic carbocycles. The van der Waals surface area contributed by atoms with Crippen molar-refractivity contribution >= 4 is 11.7 Å². The van der Waals surface area contributed by atoms with Crippen LogP contribution in [0.1, 0.15) is 21.6 Å². The number of carbonyl (C=O) groups is 1. The SMILES string of the molecule is O=C(NCC(O)[C@@H]1Cc2ccccc2CN1)c1cc(NC2COC2)ncn1. The van der Waals surface area contributed by atoms with Gasteiger partial charge in [-0.15, -0.1) is 0 Å². The number of carbonyl (C=O) groups excluding carboxylic acids is 1. The Kier molecular flexibility index (Phi) is 5.28. The molecule has 2 aliphatic rings. The highest BCUT2D eigenvalue weighted by molar-refractivity contribution is 5.92. The summed E-state index contributed by atoms with van der Waals surface area (Å²) in [6.07, 6.45) is 1.40. The van der Waals surface area contributed by atoms with Crippen molar-refractivity contribution < 1.29 is 14.6 Å². The van der Waals surface area contributed by atoms with Crippen LogP contribution in [0, 0.1) is 0 Å². The molecule has 0 saturated carbocycles. The number of nitrogens with one attached hydrogen (secondary N) is 3. The highest BCUT2D eigenvalue weighted by atomic mass is 16.5. The van der Waals surface area contributed by atoms with Gasteiger partial charge in [0.1, 0.15) is 17.8 Å². The first-order chi connectivity index (χ1) is 13.2. The third kappa shape index (κ3) is 4.24. The summed E-state index contributed by atoms with van der Waals surface area (Å²) in [6.45, 7) is 2.14. The molecule has 1 fully saturated rings. The molecule has 27 heavy (non-hydrogen) atoms. The Labute approximate surface area is 157 Å². The van der Waals surface area contributed by atoms with Crippen molar-refractivity contribution in [1.82, 2.24) is 20.6 Å². The van der Waals surface area contributed by atoms with Gasteiger partial charge in [0.2, 0.25) is 0 Å². The summed E-state index contributed by atoms with van der Waals surface area (Å²) >= 11 is 0. The lowest BCUT2D eigenvalue weighted by molar-refractivity contribution is 0.0209. The van der Waals surface area contributed by atoms with E-state index in [2.05, 4.69) is 38.1 Å². The molecule has 1 amide bonds. The Morgan fingerprint density at radius 1 is 1.30 bits per heavy atom. The van der Waals surface area contributed by atoms with Gasteiger partial charge in [-0.1, -0.05) is 24.3 Å². The first-order valence-electron chi connectivity index (χ1n) is 9.12. The van der Waals surface area contributed by atoms with Crippen LogP contribution in [0.4, 0.5) is 5.82 Å². The number of aliphatic hydroxyl groups is 1. The Morgan fingerprint density at radius 2 is 2.11 bits per heavy atom. The van der Waals surface area contributed by atoms with E-state index in [1.54, 1.807) is 6.07 Å². The fourth-order valence-electron chi connectivity index (χ4n) is 3.27. The van der Waals surface area contributed by atoms with Crippen LogP contribution in [0.15, 0.2) is 36.7 Å². The molecule has 4 rings (SSSR count). The summed E-state index contributed by atoms with van der Waals surface area (Å²) in [5.74, 6) is 0.259. The molecule has 0 aliphatic carbocycles. The van der Waals surface area contributed by atoms with Gasteiger partial charge in [-0.2, -0.15) is 0 Å². The van der Waals surface area contributed by atoms with Crippen molar-refractivity contribution in [2.45, 2.75) is 31.2 Å². The molecule has 142 valence electrons. The Hall–Kier alpha value is -2.55. The van der Waals surface area contributed by atoms with E-state index in [4.69, 9.17) is 4.74 Å². The molecular formula is C19H23N5O3. The molecule has 8 nitrogen and oxygen atoms in total. The van der Waals surface area contributed by atoms with Crippen molar-refractivity contribution in [2.75, 3.05) is 25.1 Å². The molecule has 1 aromatic heterocycles. The van der Waals surface area contributed by atoms with Gasteiger partial charge in [-0.3, -0.25) is 4.79 Å². The predicted octanol–water partition coefficient (Wildman–Crippen LogP) is 0.0925. The van der Waals surface area contributed by atoms with Gasteiger partial charge in [0.25, 0.3) is 5.91 Å². The van der Waals surface area contributed by atoms with Crippen molar-refractivity contribution in [2.24, 2.45) is 0 Å². The van der Waals surface area contributed by atoms with Crippen LogP contribution in [0.2, 0.25) is 0 Å². The number of amides is 1. The maximum Gasteiger partial charge on any atom is 0.270 e. The number of rotatable bonds is 6. The summed E-state index contributed by atoms with van der Waals surface area (Å²) in [7, 11) is 0. The fraction of sp³-hybridized carbons (Fsp3) is 0.421. The van der Waals surface area contributed by atoms with E-state index in [1.807, 2.05) is 12.1 Å². The third-order valence-electron chi connectivity index (χ3n) is 4.94. The van der Waals surface area contributed by atoms with Crippen molar-refractivity contribution in [3.63, 3.8) is 0 Å². The average molecular weight is 369 g/mol. The van der Waals surface area contributed by atoms with E-state index in [1.165, 1.54) is 17.5 Å². The van der Waals surface area contributed by atoms with Crippen molar-refractivity contribution in [1.29, 1.82) is 0 Å². The van der Waals surface area contributed by atoms with E-state index in [9.17, 15) is 9.90 Å². The Bertz CT molecular complexity index is 811. The van der Waals surface area contributed by atoms with Crippen molar-refractivity contribution in [3.05, 3.63) is 53.5 Å². The van der Waals surface area contributed by atoms with Crippen LogP contribution in [-0.4, -0.2) is 58.9 Å². The zero-order chi connectivity index (χ0) is 18.6. The molecule has 8 heteroatoms. The van der Waals surface area contributed by atoms with E-state index in [-0.39, 0.29) is 30.2 Å². The second kappa shape index (κ2) is 7.99. The molecule has 0 bridgehead atoms. The van der Waals surface area contributed by atoms with Crippen LogP contribution in [0.25, 0.3) is 0 Å². The van der Waals surface area contributed by atoms with Crippen LogP contribution >= 0.6 is 0 Å². The van der Waals surface area contributed by atoms with Gasteiger partial charge >= 0.3 is 0 Å². The minimum Gasteiger partial charge on any atom is -0.390 e. The van der Waals surface area contributed by atoms with Gasteiger partial charge in [0, 0.05) is 25.2 Å². The highest BCUT2D eigenvalue weighted by Crippen LogP contribution is 2.18. The maximum atomic E-state index is 12.4. The zero-order valence-corrected chi connectivity index (χ0v) is 14.9. The number of anilines is 1. The molecule has 4 N–H and O–H groups in total. The number of ether oxygens (including phenoxy) is 1. The molecule has 2 atom stereocenters. The number of aliphatic hydroxyl groups excluding tert-OH is 1. The summed E-state index contributed by atoms with van der Waals surface area (Å²) < 4.78 is 5.11. The number of aromatic nitrogens is 2. The first-order valence-corrected chi connectivity index (χ1v) is 9.12. The molecule has 0 spiro atoms. The van der Waals surface area contributed by atoms with Gasteiger partial charge in [0.15, 0.2) is 0 Å². The quantitative estimate of drug-likeness (QED) is 0.572. The molecule has 1 unspecified atom stereocenters. The van der Waals surface area contributed by atoms with Gasteiger partial charge in [0.05, 0.1) is 25.4 Å². The smallest absolute Gasteiger partial charge is 0.270 e. The van der Waals surface area contributed by atoms with E-state index in [0.717, 1.165) is 13.0 Å². The second-order valence-electron chi connectivity index (χ2n) is 6.90. The topological polar surface area (TPSA) is 108 Å².